The molecule has 2 N–H and O–H groups in total. The number of hydrogen-bond donors (Lipinski definition) is 2. The number of carbonyl (C=O) groups excluding carboxylic acids is 1. The molecular weight excluding hydrogens is 255 g/mol. The van der Waals surface area contributed by atoms with Crippen molar-refractivity contribution >= 4 is 22.4 Å². The average Bonchev–Trinajstić information content (AvgIpc) is 2.85. The van der Waals surface area contributed by atoms with E-state index in [2.05, 4.69) is 15.6 Å². The number of thiazole rings is 1. The van der Waals surface area contributed by atoms with Crippen molar-refractivity contribution in [3.05, 3.63) is 11.6 Å². The SMILES string of the molecule is O=C(Nc1nccs1)C1(C(F)(F)F)CCNC1. The van der Waals surface area contributed by atoms with Gasteiger partial charge in [0.15, 0.2) is 10.5 Å². The third-order valence-corrected chi connectivity index (χ3v) is 3.47. The Labute approximate surface area is 99.2 Å². The Bertz CT molecular complexity index is 398. The number of aromatic nitrogens is 1. The molecular formula is C9H10F3N3OS. The quantitative estimate of drug-likeness (QED) is 0.854. The Hall–Kier alpha value is -1.15. The molecule has 0 aromatic carbocycles. The van der Waals surface area contributed by atoms with E-state index < -0.39 is 17.5 Å². The van der Waals surface area contributed by atoms with E-state index in [1.54, 1.807) is 5.38 Å². The fraction of sp³-hybridized carbons (Fsp3) is 0.556. The molecule has 1 aliphatic heterocycles. The largest absolute Gasteiger partial charge is 0.404 e. The zero-order valence-electron chi connectivity index (χ0n) is 8.67. The second-order valence-corrected chi connectivity index (χ2v) is 4.69. The van der Waals surface area contributed by atoms with Gasteiger partial charge in [0.1, 0.15) is 0 Å². The number of nitrogens with one attached hydrogen (secondary N) is 2. The summed E-state index contributed by atoms with van der Waals surface area (Å²) < 4.78 is 38.9. The van der Waals surface area contributed by atoms with Gasteiger partial charge in [0.05, 0.1) is 0 Å². The Morgan fingerprint density at radius 3 is 2.82 bits per heavy atom. The highest BCUT2D eigenvalue weighted by molar-refractivity contribution is 7.13. The lowest BCUT2D eigenvalue weighted by atomic mass is 9.85. The lowest BCUT2D eigenvalue weighted by Gasteiger charge is -2.28. The molecule has 0 bridgehead atoms. The van der Waals surface area contributed by atoms with Crippen LogP contribution in [0, 0.1) is 5.41 Å². The zero-order valence-corrected chi connectivity index (χ0v) is 9.49. The third-order valence-electron chi connectivity index (χ3n) is 2.79. The van der Waals surface area contributed by atoms with Gasteiger partial charge < -0.3 is 10.6 Å². The van der Waals surface area contributed by atoms with Gasteiger partial charge in [-0.25, -0.2) is 4.98 Å². The molecule has 0 radical (unpaired) electrons. The maximum atomic E-state index is 13.0. The molecule has 1 atom stereocenters. The summed E-state index contributed by atoms with van der Waals surface area (Å²) in [6, 6.07) is 0. The molecule has 94 valence electrons. The van der Waals surface area contributed by atoms with Crippen molar-refractivity contribution in [2.24, 2.45) is 5.41 Å². The van der Waals surface area contributed by atoms with Crippen molar-refractivity contribution in [3.8, 4) is 0 Å². The molecule has 2 heterocycles. The van der Waals surface area contributed by atoms with Crippen LogP contribution in [-0.4, -0.2) is 30.2 Å². The van der Waals surface area contributed by atoms with Gasteiger partial charge in [-0.1, -0.05) is 0 Å². The minimum absolute atomic E-state index is 0.185. The topological polar surface area (TPSA) is 54.0 Å². The summed E-state index contributed by atoms with van der Waals surface area (Å²) in [6.07, 6.45) is -3.38. The van der Waals surface area contributed by atoms with Crippen LogP contribution < -0.4 is 10.6 Å². The molecule has 1 unspecified atom stereocenters. The summed E-state index contributed by atoms with van der Waals surface area (Å²) in [5.74, 6) is -1.04. The number of rotatable bonds is 2. The van der Waals surface area contributed by atoms with Crippen LogP contribution in [0.1, 0.15) is 6.42 Å². The average molecular weight is 265 g/mol. The van der Waals surface area contributed by atoms with E-state index in [-0.39, 0.29) is 24.6 Å². The highest BCUT2D eigenvalue weighted by Gasteiger charge is 2.61. The second-order valence-electron chi connectivity index (χ2n) is 3.80. The molecule has 2 rings (SSSR count). The minimum atomic E-state index is -4.56. The zero-order chi connectivity index (χ0) is 12.5. The third kappa shape index (κ3) is 2.14. The number of alkyl halides is 3. The number of carbonyl (C=O) groups is 1. The predicted molar refractivity (Wildman–Crippen MR) is 56.7 cm³/mol. The van der Waals surface area contributed by atoms with Gasteiger partial charge in [-0.15, -0.1) is 11.3 Å². The van der Waals surface area contributed by atoms with E-state index in [9.17, 15) is 18.0 Å². The molecule has 1 aliphatic rings. The monoisotopic (exact) mass is 265 g/mol. The van der Waals surface area contributed by atoms with Crippen LogP contribution in [0.5, 0.6) is 0 Å². The smallest absolute Gasteiger partial charge is 0.315 e. The van der Waals surface area contributed by atoms with Crippen LogP contribution in [-0.2, 0) is 4.79 Å². The summed E-state index contributed by atoms with van der Waals surface area (Å²) in [6.45, 7) is -0.196. The van der Waals surface area contributed by atoms with Crippen molar-refractivity contribution < 1.29 is 18.0 Å². The highest BCUT2D eigenvalue weighted by Crippen LogP contribution is 2.43. The highest BCUT2D eigenvalue weighted by atomic mass is 32.1. The second kappa shape index (κ2) is 4.26. The van der Waals surface area contributed by atoms with Crippen LogP contribution >= 0.6 is 11.3 Å². The van der Waals surface area contributed by atoms with E-state index in [4.69, 9.17) is 0 Å². The van der Waals surface area contributed by atoms with E-state index in [0.717, 1.165) is 11.3 Å². The fourth-order valence-corrected chi connectivity index (χ4v) is 2.28. The maximum absolute atomic E-state index is 13.0. The van der Waals surface area contributed by atoms with Crippen molar-refractivity contribution in [3.63, 3.8) is 0 Å². The van der Waals surface area contributed by atoms with Crippen molar-refractivity contribution in [1.82, 2.24) is 10.3 Å². The molecule has 8 heteroatoms. The van der Waals surface area contributed by atoms with Gasteiger partial charge in [0.2, 0.25) is 5.91 Å². The van der Waals surface area contributed by atoms with E-state index in [0.29, 0.717) is 0 Å². The lowest BCUT2D eigenvalue weighted by molar-refractivity contribution is -0.213. The predicted octanol–water partition coefficient (Wildman–Crippen LogP) is 1.62. The summed E-state index contributed by atoms with van der Waals surface area (Å²) in [4.78, 5) is 15.5. The summed E-state index contributed by atoms with van der Waals surface area (Å²) in [7, 11) is 0. The van der Waals surface area contributed by atoms with Crippen LogP contribution in [0.15, 0.2) is 11.6 Å². The van der Waals surface area contributed by atoms with Crippen molar-refractivity contribution in [2.45, 2.75) is 12.6 Å². The minimum Gasteiger partial charge on any atom is -0.315 e. The lowest BCUT2D eigenvalue weighted by Crippen LogP contribution is -2.49. The molecule has 4 nitrogen and oxygen atoms in total. The van der Waals surface area contributed by atoms with Gasteiger partial charge in [-0.2, -0.15) is 13.2 Å². The van der Waals surface area contributed by atoms with Gasteiger partial charge in [-0.3, -0.25) is 4.79 Å². The van der Waals surface area contributed by atoms with Crippen LogP contribution in [0.4, 0.5) is 18.3 Å². The van der Waals surface area contributed by atoms with Crippen molar-refractivity contribution in [2.75, 3.05) is 18.4 Å². The van der Waals surface area contributed by atoms with Crippen LogP contribution in [0.3, 0.4) is 0 Å². The molecule has 1 aromatic rings. The first-order valence-electron chi connectivity index (χ1n) is 4.94. The summed E-state index contributed by atoms with van der Waals surface area (Å²) >= 11 is 1.09. The number of nitrogens with zero attached hydrogens (tertiary/aromatic N) is 1. The first-order valence-corrected chi connectivity index (χ1v) is 5.82. The first kappa shape index (κ1) is 12.3. The Morgan fingerprint density at radius 1 is 1.59 bits per heavy atom. The normalized spacial score (nSPS) is 24.9. The number of amides is 1. The number of halogens is 3. The summed E-state index contributed by atoms with van der Waals surface area (Å²) in [5.41, 5.74) is -2.33. The molecule has 17 heavy (non-hydrogen) atoms. The molecule has 0 aliphatic carbocycles. The Morgan fingerprint density at radius 2 is 2.35 bits per heavy atom. The number of hydrogen-bond acceptors (Lipinski definition) is 4. The van der Waals surface area contributed by atoms with E-state index in [1.807, 2.05) is 0 Å². The standard InChI is InChI=1S/C9H10F3N3OS/c10-9(11,12)8(1-2-13-5-8)6(16)15-7-14-3-4-17-7/h3-4,13H,1-2,5H2,(H,14,15,16). The molecule has 1 amide bonds. The molecule has 1 fully saturated rings. The van der Waals surface area contributed by atoms with Gasteiger partial charge in [0, 0.05) is 18.1 Å². The number of anilines is 1. The van der Waals surface area contributed by atoms with E-state index in [1.165, 1.54) is 6.20 Å². The fourth-order valence-electron chi connectivity index (χ4n) is 1.76. The first-order chi connectivity index (χ1) is 7.96. The molecule has 1 saturated heterocycles. The van der Waals surface area contributed by atoms with E-state index >= 15 is 0 Å². The van der Waals surface area contributed by atoms with Crippen molar-refractivity contribution in [1.29, 1.82) is 0 Å². The summed E-state index contributed by atoms with van der Waals surface area (Å²) in [5, 5.41) is 6.57. The Kier molecular flexibility index (Phi) is 3.09. The van der Waals surface area contributed by atoms with Crippen LogP contribution in [0.2, 0.25) is 0 Å². The Balaban J connectivity index is 2.20. The van der Waals surface area contributed by atoms with Gasteiger partial charge in [-0.05, 0) is 13.0 Å². The molecule has 1 aromatic heterocycles. The maximum Gasteiger partial charge on any atom is 0.404 e. The van der Waals surface area contributed by atoms with Gasteiger partial charge in [0.25, 0.3) is 0 Å². The molecule has 0 saturated carbocycles. The molecule has 0 spiro atoms. The van der Waals surface area contributed by atoms with Crippen LogP contribution in [0.25, 0.3) is 0 Å². The van der Waals surface area contributed by atoms with Gasteiger partial charge >= 0.3 is 6.18 Å².